The van der Waals surface area contributed by atoms with Crippen LogP contribution in [0.4, 0.5) is 4.39 Å². The van der Waals surface area contributed by atoms with Crippen LogP contribution in [-0.2, 0) is 6.42 Å². The van der Waals surface area contributed by atoms with E-state index in [-0.39, 0.29) is 5.82 Å². The van der Waals surface area contributed by atoms with Crippen molar-refractivity contribution in [2.45, 2.75) is 19.3 Å². The predicted molar refractivity (Wildman–Crippen MR) is 61.1 cm³/mol. The normalized spacial score (nSPS) is 17.3. The zero-order chi connectivity index (χ0) is 11.4. The summed E-state index contributed by atoms with van der Waals surface area (Å²) in [6.45, 7) is 2.09. The average molecular weight is 221 g/mol. The maximum Gasteiger partial charge on any atom is 0.150 e. The lowest BCUT2D eigenvalue weighted by Gasteiger charge is -2.23. The molecule has 86 valence electrons. The largest absolute Gasteiger partial charge is 0.317 e. The summed E-state index contributed by atoms with van der Waals surface area (Å²) in [7, 11) is 0. The van der Waals surface area contributed by atoms with Gasteiger partial charge in [0.05, 0.1) is 0 Å². The molecule has 1 aromatic rings. The summed E-state index contributed by atoms with van der Waals surface area (Å²) in [4.78, 5) is 10.8. The van der Waals surface area contributed by atoms with E-state index in [4.69, 9.17) is 0 Å². The van der Waals surface area contributed by atoms with E-state index in [1.807, 2.05) is 0 Å². The summed E-state index contributed by atoms with van der Waals surface area (Å²) in [5, 5.41) is 3.31. The van der Waals surface area contributed by atoms with Crippen LogP contribution >= 0.6 is 0 Å². The second kappa shape index (κ2) is 5.21. The molecule has 0 aromatic heterocycles. The van der Waals surface area contributed by atoms with Crippen molar-refractivity contribution in [3.63, 3.8) is 0 Å². The Kier molecular flexibility index (Phi) is 3.67. The predicted octanol–water partition coefficient (Wildman–Crippen LogP) is 2.18. The van der Waals surface area contributed by atoms with Gasteiger partial charge >= 0.3 is 0 Å². The standard InChI is InChI=1S/C13H16FNO/c14-13-2-1-11(12(8-13)9-16)7-10-3-5-15-6-4-10/h1-2,8-10,15H,3-7H2. The quantitative estimate of drug-likeness (QED) is 0.793. The van der Waals surface area contributed by atoms with Gasteiger partial charge in [0.2, 0.25) is 0 Å². The minimum absolute atomic E-state index is 0.337. The van der Waals surface area contributed by atoms with Gasteiger partial charge in [0.1, 0.15) is 12.1 Å². The van der Waals surface area contributed by atoms with Crippen LogP contribution in [0.25, 0.3) is 0 Å². The van der Waals surface area contributed by atoms with Crippen molar-refractivity contribution >= 4 is 6.29 Å². The monoisotopic (exact) mass is 221 g/mol. The highest BCUT2D eigenvalue weighted by molar-refractivity contribution is 5.77. The molecule has 1 fully saturated rings. The summed E-state index contributed by atoms with van der Waals surface area (Å²) < 4.78 is 12.9. The summed E-state index contributed by atoms with van der Waals surface area (Å²) in [5.74, 6) is 0.279. The molecule has 3 heteroatoms. The molecule has 2 rings (SSSR count). The number of rotatable bonds is 3. The summed E-state index contributed by atoms with van der Waals surface area (Å²) in [5.41, 5.74) is 1.47. The van der Waals surface area contributed by atoms with E-state index in [0.717, 1.165) is 44.2 Å². The maximum atomic E-state index is 12.9. The molecule has 0 radical (unpaired) electrons. The summed E-state index contributed by atoms with van der Waals surface area (Å²) in [6.07, 6.45) is 3.90. The zero-order valence-corrected chi connectivity index (χ0v) is 9.21. The second-order valence-electron chi connectivity index (χ2n) is 4.36. The number of nitrogens with one attached hydrogen (secondary N) is 1. The van der Waals surface area contributed by atoms with Crippen LogP contribution in [-0.4, -0.2) is 19.4 Å². The molecule has 16 heavy (non-hydrogen) atoms. The third-order valence-electron chi connectivity index (χ3n) is 3.20. The molecule has 0 aliphatic carbocycles. The molecule has 1 N–H and O–H groups in total. The highest BCUT2D eigenvalue weighted by Gasteiger charge is 2.15. The average Bonchev–Trinajstić information content (AvgIpc) is 2.33. The zero-order valence-electron chi connectivity index (χ0n) is 9.21. The number of carbonyl (C=O) groups is 1. The van der Waals surface area contributed by atoms with Gasteiger partial charge in [-0.1, -0.05) is 6.07 Å². The van der Waals surface area contributed by atoms with Crippen LogP contribution in [0.15, 0.2) is 18.2 Å². The Bertz CT molecular complexity index is 372. The van der Waals surface area contributed by atoms with Crippen molar-refractivity contribution in [2.75, 3.05) is 13.1 Å². The van der Waals surface area contributed by atoms with Crippen LogP contribution in [0.3, 0.4) is 0 Å². The second-order valence-corrected chi connectivity index (χ2v) is 4.36. The number of aldehydes is 1. The first kappa shape index (κ1) is 11.3. The van der Waals surface area contributed by atoms with Crippen molar-refractivity contribution in [3.05, 3.63) is 35.1 Å². The van der Waals surface area contributed by atoms with Crippen molar-refractivity contribution in [1.29, 1.82) is 0 Å². The minimum atomic E-state index is -0.337. The molecule has 0 atom stereocenters. The van der Waals surface area contributed by atoms with Crippen molar-refractivity contribution < 1.29 is 9.18 Å². The Morgan fingerprint density at radius 1 is 1.38 bits per heavy atom. The van der Waals surface area contributed by atoms with Crippen molar-refractivity contribution in [2.24, 2.45) is 5.92 Å². The molecule has 0 amide bonds. The SMILES string of the molecule is O=Cc1cc(F)ccc1CC1CCNCC1. The van der Waals surface area contributed by atoms with Gasteiger partial charge in [-0.2, -0.15) is 0 Å². The van der Waals surface area contributed by atoms with Gasteiger partial charge in [-0.15, -0.1) is 0 Å². The van der Waals surface area contributed by atoms with Gasteiger partial charge in [0, 0.05) is 5.56 Å². The van der Waals surface area contributed by atoms with Crippen LogP contribution < -0.4 is 5.32 Å². The number of halogens is 1. The van der Waals surface area contributed by atoms with E-state index in [0.29, 0.717) is 11.5 Å². The Hall–Kier alpha value is -1.22. The highest BCUT2D eigenvalue weighted by atomic mass is 19.1. The number of hydrogen-bond acceptors (Lipinski definition) is 2. The van der Waals surface area contributed by atoms with Crippen molar-refractivity contribution in [1.82, 2.24) is 5.32 Å². The van der Waals surface area contributed by atoms with Crippen LogP contribution in [0.2, 0.25) is 0 Å². The first-order valence-corrected chi connectivity index (χ1v) is 5.74. The van der Waals surface area contributed by atoms with Gasteiger partial charge in [-0.3, -0.25) is 4.79 Å². The van der Waals surface area contributed by atoms with E-state index >= 15 is 0 Å². The van der Waals surface area contributed by atoms with E-state index in [9.17, 15) is 9.18 Å². The molecule has 0 saturated carbocycles. The molecule has 2 nitrogen and oxygen atoms in total. The van der Waals surface area contributed by atoms with E-state index < -0.39 is 0 Å². The molecule has 0 unspecified atom stereocenters. The van der Waals surface area contributed by atoms with Gasteiger partial charge in [0.15, 0.2) is 0 Å². The maximum absolute atomic E-state index is 12.9. The smallest absolute Gasteiger partial charge is 0.150 e. The highest BCUT2D eigenvalue weighted by Crippen LogP contribution is 2.20. The van der Waals surface area contributed by atoms with Crippen molar-refractivity contribution in [3.8, 4) is 0 Å². The molecule has 0 spiro atoms. The third kappa shape index (κ3) is 2.67. The lowest BCUT2D eigenvalue weighted by atomic mass is 9.89. The van der Waals surface area contributed by atoms with Crippen LogP contribution in [0.5, 0.6) is 0 Å². The first-order valence-electron chi connectivity index (χ1n) is 5.74. The van der Waals surface area contributed by atoms with Crippen LogP contribution in [0, 0.1) is 11.7 Å². The number of benzene rings is 1. The van der Waals surface area contributed by atoms with Gasteiger partial charge in [0.25, 0.3) is 0 Å². The summed E-state index contributed by atoms with van der Waals surface area (Å²) >= 11 is 0. The third-order valence-corrected chi connectivity index (χ3v) is 3.20. The van der Waals surface area contributed by atoms with Gasteiger partial charge in [-0.25, -0.2) is 4.39 Å². The lowest BCUT2D eigenvalue weighted by Crippen LogP contribution is -2.28. The van der Waals surface area contributed by atoms with Gasteiger partial charge < -0.3 is 5.32 Å². The fourth-order valence-electron chi connectivity index (χ4n) is 2.26. The van der Waals surface area contributed by atoms with E-state index in [2.05, 4.69) is 5.32 Å². The Labute approximate surface area is 94.9 Å². The molecule has 1 saturated heterocycles. The molecular weight excluding hydrogens is 205 g/mol. The molecule has 1 aliphatic heterocycles. The Morgan fingerprint density at radius 3 is 2.81 bits per heavy atom. The van der Waals surface area contributed by atoms with E-state index in [1.165, 1.54) is 12.1 Å². The number of hydrogen-bond donors (Lipinski definition) is 1. The Balaban J connectivity index is 2.10. The van der Waals surface area contributed by atoms with Gasteiger partial charge in [-0.05, 0) is 56.0 Å². The molecule has 1 heterocycles. The molecule has 1 aliphatic rings. The van der Waals surface area contributed by atoms with Crippen LogP contribution in [0.1, 0.15) is 28.8 Å². The molecular formula is C13H16FNO. The fourth-order valence-corrected chi connectivity index (χ4v) is 2.26. The molecule has 0 bridgehead atoms. The Morgan fingerprint density at radius 2 is 2.12 bits per heavy atom. The first-order chi connectivity index (χ1) is 7.79. The molecule has 1 aromatic carbocycles. The summed E-state index contributed by atoms with van der Waals surface area (Å²) in [6, 6.07) is 4.49. The fraction of sp³-hybridized carbons (Fsp3) is 0.462. The van der Waals surface area contributed by atoms with E-state index in [1.54, 1.807) is 6.07 Å². The topological polar surface area (TPSA) is 29.1 Å². The number of piperidine rings is 1. The lowest BCUT2D eigenvalue weighted by molar-refractivity contribution is 0.112. The number of carbonyl (C=O) groups excluding carboxylic acids is 1. The minimum Gasteiger partial charge on any atom is -0.317 e.